The summed E-state index contributed by atoms with van der Waals surface area (Å²) in [5, 5.41) is 12.6. The summed E-state index contributed by atoms with van der Waals surface area (Å²) in [4.78, 5) is 15.0. The van der Waals surface area contributed by atoms with Crippen LogP contribution in [0.1, 0.15) is 46.2 Å². The minimum Gasteiger partial charge on any atom is -0.330 e. The molecule has 0 bridgehead atoms. The Hall–Kier alpha value is -2.47. The first kappa shape index (κ1) is 16.0. The van der Waals surface area contributed by atoms with Crippen LogP contribution in [0.15, 0.2) is 41.1 Å². The predicted molar refractivity (Wildman–Crippen MR) is 98.2 cm³/mol. The van der Waals surface area contributed by atoms with Crippen molar-refractivity contribution in [3.63, 3.8) is 0 Å². The smallest absolute Gasteiger partial charge is 0.276 e. The molecule has 1 fully saturated rings. The first-order valence-corrected chi connectivity index (χ1v) is 9.42. The van der Waals surface area contributed by atoms with Gasteiger partial charge in [0.05, 0.1) is 17.4 Å². The zero-order chi connectivity index (χ0) is 17.4. The highest BCUT2D eigenvalue weighted by atomic mass is 32.1. The Bertz CT molecular complexity index is 900. The molecule has 128 valence electrons. The molecule has 6 heteroatoms. The van der Waals surface area contributed by atoms with E-state index in [9.17, 15) is 4.79 Å². The topological polar surface area (TPSA) is 51.0 Å². The summed E-state index contributed by atoms with van der Waals surface area (Å²) in [7, 11) is 0. The monoisotopic (exact) mass is 352 g/mol. The molecule has 0 N–H and O–H groups in total. The maximum Gasteiger partial charge on any atom is 0.276 e. The number of carbonyl (C=O) groups is 1. The molecule has 3 heterocycles. The van der Waals surface area contributed by atoms with Crippen molar-refractivity contribution in [2.24, 2.45) is 0 Å². The molecule has 1 unspecified atom stereocenters. The number of aryl methyl sites for hydroxylation is 1. The second-order valence-electron chi connectivity index (χ2n) is 6.49. The molecule has 5 nitrogen and oxygen atoms in total. The lowest BCUT2D eigenvalue weighted by molar-refractivity contribution is 0.0729. The molecule has 0 spiro atoms. The molecule has 0 saturated carbocycles. The van der Waals surface area contributed by atoms with Crippen LogP contribution in [0.2, 0.25) is 0 Å². The summed E-state index contributed by atoms with van der Waals surface area (Å²) in [5.74, 6) is -0.0231. The summed E-state index contributed by atoms with van der Waals surface area (Å²) in [6, 6.07) is 10.3. The van der Waals surface area contributed by atoms with Crippen LogP contribution in [-0.2, 0) is 0 Å². The van der Waals surface area contributed by atoms with Crippen LogP contribution in [0.5, 0.6) is 0 Å². The molecular formula is C19H20N4OS. The van der Waals surface area contributed by atoms with E-state index in [2.05, 4.69) is 27.1 Å². The second-order valence-corrected chi connectivity index (χ2v) is 7.27. The number of likely N-dealkylation sites (tertiary alicyclic amines) is 1. The van der Waals surface area contributed by atoms with Gasteiger partial charge in [0.25, 0.3) is 5.91 Å². The fourth-order valence-electron chi connectivity index (χ4n) is 3.49. The van der Waals surface area contributed by atoms with Crippen LogP contribution in [-0.4, -0.2) is 32.3 Å². The summed E-state index contributed by atoms with van der Waals surface area (Å²) >= 11 is 1.67. The normalized spacial score (nSPS) is 17.2. The summed E-state index contributed by atoms with van der Waals surface area (Å²) in [5.41, 5.74) is 4.53. The lowest BCUT2D eigenvalue weighted by atomic mass is 10.1. The van der Waals surface area contributed by atoms with Gasteiger partial charge in [-0.05, 0) is 66.8 Å². The highest BCUT2D eigenvalue weighted by Gasteiger charge is 2.33. The van der Waals surface area contributed by atoms with E-state index in [0.29, 0.717) is 5.69 Å². The van der Waals surface area contributed by atoms with Gasteiger partial charge in [0.2, 0.25) is 0 Å². The lowest BCUT2D eigenvalue weighted by Gasteiger charge is -2.23. The van der Waals surface area contributed by atoms with E-state index >= 15 is 0 Å². The van der Waals surface area contributed by atoms with Crippen LogP contribution in [0.3, 0.4) is 0 Å². The molecular weight excluding hydrogens is 332 g/mol. The minimum absolute atomic E-state index is 0.0231. The number of hydrogen-bond donors (Lipinski definition) is 0. The lowest BCUT2D eigenvalue weighted by Crippen LogP contribution is -2.31. The Morgan fingerprint density at radius 3 is 2.92 bits per heavy atom. The Morgan fingerprint density at radius 1 is 1.28 bits per heavy atom. The van der Waals surface area contributed by atoms with E-state index in [-0.39, 0.29) is 11.9 Å². The highest BCUT2D eigenvalue weighted by molar-refractivity contribution is 7.08. The van der Waals surface area contributed by atoms with Crippen molar-refractivity contribution in [2.45, 2.75) is 32.7 Å². The van der Waals surface area contributed by atoms with Gasteiger partial charge in [-0.2, -0.15) is 11.3 Å². The van der Waals surface area contributed by atoms with Crippen molar-refractivity contribution in [3.05, 3.63) is 63.6 Å². The van der Waals surface area contributed by atoms with Gasteiger partial charge in [0.15, 0.2) is 5.69 Å². The number of rotatable bonds is 3. The number of thiophene rings is 1. The number of amides is 1. The Morgan fingerprint density at radius 2 is 2.16 bits per heavy atom. The number of aromatic nitrogens is 3. The largest absolute Gasteiger partial charge is 0.330 e. The first-order valence-electron chi connectivity index (χ1n) is 8.47. The zero-order valence-corrected chi connectivity index (χ0v) is 15.2. The van der Waals surface area contributed by atoms with Gasteiger partial charge >= 0.3 is 0 Å². The average molecular weight is 352 g/mol. The highest BCUT2D eigenvalue weighted by Crippen LogP contribution is 2.34. The van der Waals surface area contributed by atoms with E-state index in [4.69, 9.17) is 0 Å². The van der Waals surface area contributed by atoms with Crippen molar-refractivity contribution in [1.82, 2.24) is 19.9 Å². The molecule has 1 aliphatic heterocycles. The standard InChI is InChI=1S/C19H20N4OS/c1-13-5-3-6-16(11-13)23-14(2)18(20-21-23)19(24)22-9-4-7-17(22)15-8-10-25-12-15/h3,5-6,8,10-12,17H,4,7,9H2,1-2H3. The van der Waals surface area contributed by atoms with Gasteiger partial charge in [0, 0.05) is 6.54 Å². The van der Waals surface area contributed by atoms with Gasteiger partial charge in [-0.1, -0.05) is 17.3 Å². The quantitative estimate of drug-likeness (QED) is 0.718. The molecule has 2 aromatic heterocycles. The van der Waals surface area contributed by atoms with E-state index in [1.807, 2.05) is 43.0 Å². The molecule has 1 aliphatic rings. The van der Waals surface area contributed by atoms with Crippen LogP contribution in [0, 0.1) is 13.8 Å². The third-order valence-corrected chi connectivity index (χ3v) is 5.49. The maximum absolute atomic E-state index is 13.1. The molecule has 3 aromatic rings. The van der Waals surface area contributed by atoms with Gasteiger partial charge in [-0.25, -0.2) is 4.68 Å². The number of benzene rings is 1. The summed E-state index contributed by atoms with van der Waals surface area (Å²) in [6.07, 6.45) is 2.03. The van der Waals surface area contributed by atoms with Crippen LogP contribution >= 0.6 is 11.3 Å². The summed E-state index contributed by atoms with van der Waals surface area (Å²) in [6.45, 7) is 4.72. The predicted octanol–water partition coefficient (Wildman–Crippen LogP) is 3.92. The van der Waals surface area contributed by atoms with Gasteiger partial charge in [-0.15, -0.1) is 5.10 Å². The van der Waals surface area contributed by atoms with Crippen LogP contribution < -0.4 is 0 Å². The maximum atomic E-state index is 13.1. The molecule has 0 aliphatic carbocycles. The zero-order valence-electron chi connectivity index (χ0n) is 14.3. The molecule has 25 heavy (non-hydrogen) atoms. The Labute approximate surface area is 150 Å². The van der Waals surface area contributed by atoms with Crippen molar-refractivity contribution >= 4 is 17.2 Å². The van der Waals surface area contributed by atoms with Crippen LogP contribution in [0.25, 0.3) is 5.69 Å². The average Bonchev–Trinajstić information content (AvgIpc) is 3.34. The van der Waals surface area contributed by atoms with Gasteiger partial charge in [-0.3, -0.25) is 4.79 Å². The van der Waals surface area contributed by atoms with Gasteiger partial charge in [0.1, 0.15) is 0 Å². The van der Waals surface area contributed by atoms with Gasteiger partial charge < -0.3 is 4.90 Å². The Balaban J connectivity index is 1.65. The molecule has 1 atom stereocenters. The van der Waals surface area contributed by atoms with E-state index in [1.54, 1.807) is 16.0 Å². The number of carbonyl (C=O) groups excluding carboxylic acids is 1. The van der Waals surface area contributed by atoms with E-state index < -0.39 is 0 Å². The SMILES string of the molecule is Cc1cccc(-n2nnc(C(=O)N3CCCC3c3ccsc3)c2C)c1. The van der Waals surface area contributed by atoms with Crippen molar-refractivity contribution in [3.8, 4) is 5.69 Å². The summed E-state index contributed by atoms with van der Waals surface area (Å²) < 4.78 is 1.75. The van der Waals surface area contributed by atoms with Crippen molar-refractivity contribution in [1.29, 1.82) is 0 Å². The molecule has 1 amide bonds. The fraction of sp³-hybridized carbons (Fsp3) is 0.316. The molecule has 4 rings (SSSR count). The first-order chi connectivity index (χ1) is 12.1. The van der Waals surface area contributed by atoms with Crippen molar-refractivity contribution in [2.75, 3.05) is 6.54 Å². The van der Waals surface area contributed by atoms with E-state index in [0.717, 1.165) is 36.3 Å². The van der Waals surface area contributed by atoms with Crippen LogP contribution in [0.4, 0.5) is 0 Å². The third-order valence-electron chi connectivity index (χ3n) is 4.78. The fourth-order valence-corrected chi connectivity index (χ4v) is 4.20. The third kappa shape index (κ3) is 2.87. The van der Waals surface area contributed by atoms with E-state index in [1.165, 1.54) is 5.56 Å². The minimum atomic E-state index is -0.0231. The Kier molecular flexibility index (Phi) is 4.13. The van der Waals surface area contributed by atoms with Crippen molar-refractivity contribution < 1.29 is 4.79 Å². The number of nitrogens with zero attached hydrogens (tertiary/aromatic N) is 4. The second kappa shape index (κ2) is 6.44. The molecule has 0 radical (unpaired) electrons. The number of hydrogen-bond acceptors (Lipinski definition) is 4. The molecule has 1 saturated heterocycles. The molecule has 1 aromatic carbocycles.